The van der Waals surface area contributed by atoms with E-state index in [4.69, 9.17) is 14.2 Å². The van der Waals surface area contributed by atoms with Gasteiger partial charge in [0.25, 0.3) is 0 Å². The average Bonchev–Trinajstić information content (AvgIpc) is 2.89. The van der Waals surface area contributed by atoms with Gasteiger partial charge >= 0.3 is 11.9 Å². The number of esters is 2. The molecule has 0 N–H and O–H groups in total. The topological polar surface area (TPSA) is 61.8 Å². The van der Waals surface area contributed by atoms with E-state index in [-0.39, 0.29) is 47.5 Å². The summed E-state index contributed by atoms with van der Waals surface area (Å²) in [4.78, 5) is 23.3. The predicted octanol–water partition coefficient (Wildman–Crippen LogP) is 1.99. The molecule has 120 valence electrons. The molecule has 1 spiro atoms. The molecular weight excluding hydrogens is 284 g/mol. The van der Waals surface area contributed by atoms with Gasteiger partial charge in [0.05, 0.1) is 5.60 Å². The van der Waals surface area contributed by atoms with Gasteiger partial charge in [-0.2, -0.15) is 0 Å². The Balaban J connectivity index is 1.69. The fourth-order valence-electron chi connectivity index (χ4n) is 5.46. The van der Waals surface area contributed by atoms with E-state index in [9.17, 15) is 9.59 Å². The summed E-state index contributed by atoms with van der Waals surface area (Å²) in [6, 6.07) is 0. The first-order valence-electron chi connectivity index (χ1n) is 8.05. The van der Waals surface area contributed by atoms with Crippen molar-refractivity contribution in [2.75, 3.05) is 0 Å². The Labute approximate surface area is 130 Å². The Hall–Kier alpha value is -1.36. The third-order valence-electron chi connectivity index (χ3n) is 6.36. The van der Waals surface area contributed by atoms with E-state index in [1.807, 2.05) is 0 Å². The summed E-state index contributed by atoms with van der Waals surface area (Å²) in [6.45, 7) is 9.58. The van der Waals surface area contributed by atoms with E-state index in [0.29, 0.717) is 5.57 Å². The van der Waals surface area contributed by atoms with Gasteiger partial charge in [0, 0.05) is 30.8 Å². The monoisotopic (exact) mass is 306 g/mol. The van der Waals surface area contributed by atoms with Crippen molar-refractivity contribution in [1.82, 2.24) is 0 Å². The number of hydrogen-bond acceptors (Lipinski definition) is 5. The first kappa shape index (κ1) is 14.2. The molecule has 0 aromatic heterocycles. The van der Waals surface area contributed by atoms with Crippen LogP contribution in [0.4, 0.5) is 0 Å². The molecule has 7 atom stereocenters. The van der Waals surface area contributed by atoms with Crippen molar-refractivity contribution in [3.63, 3.8) is 0 Å². The average molecular weight is 306 g/mol. The highest BCUT2D eigenvalue weighted by molar-refractivity contribution is 5.90. The maximum absolute atomic E-state index is 11.8. The molecule has 0 amide bonds. The van der Waals surface area contributed by atoms with Crippen molar-refractivity contribution >= 4 is 11.9 Å². The zero-order valence-corrected chi connectivity index (χ0v) is 13.3. The van der Waals surface area contributed by atoms with Gasteiger partial charge < -0.3 is 14.2 Å². The lowest BCUT2D eigenvalue weighted by molar-refractivity contribution is -0.302. The first-order chi connectivity index (χ1) is 10.3. The number of ether oxygens (including phenoxy) is 3. The van der Waals surface area contributed by atoms with E-state index in [1.165, 1.54) is 6.92 Å². The Morgan fingerprint density at radius 1 is 1.41 bits per heavy atom. The smallest absolute Gasteiger partial charge is 0.334 e. The van der Waals surface area contributed by atoms with Crippen LogP contribution < -0.4 is 0 Å². The molecule has 3 heterocycles. The van der Waals surface area contributed by atoms with Gasteiger partial charge in [-0.1, -0.05) is 13.5 Å². The minimum Gasteiger partial charge on any atom is -0.459 e. The van der Waals surface area contributed by atoms with Crippen molar-refractivity contribution in [2.45, 2.75) is 63.4 Å². The van der Waals surface area contributed by atoms with Crippen molar-refractivity contribution in [3.8, 4) is 0 Å². The summed E-state index contributed by atoms with van der Waals surface area (Å²) in [5, 5.41) is 0. The molecule has 0 unspecified atom stereocenters. The van der Waals surface area contributed by atoms with Gasteiger partial charge in [-0.25, -0.2) is 4.79 Å². The Kier molecular flexibility index (Phi) is 2.68. The summed E-state index contributed by atoms with van der Waals surface area (Å²) in [7, 11) is 0. The molecule has 5 rings (SSSR count). The minimum atomic E-state index is -0.419. The SMILES string of the molecule is C=C1C(=O)O[C@@H]2C[C@H](C)[C@]34O[C@](C)(C[C@@H]3OC(C)=O)[C@@H]4C[C@H]12. The van der Waals surface area contributed by atoms with Crippen molar-refractivity contribution in [2.24, 2.45) is 17.8 Å². The molecule has 2 bridgehead atoms. The zero-order valence-electron chi connectivity index (χ0n) is 13.3. The van der Waals surface area contributed by atoms with Crippen LogP contribution in [0.25, 0.3) is 0 Å². The van der Waals surface area contributed by atoms with Crippen LogP contribution in [0.15, 0.2) is 12.2 Å². The van der Waals surface area contributed by atoms with Gasteiger partial charge in [0.15, 0.2) is 0 Å². The van der Waals surface area contributed by atoms with Gasteiger partial charge in [0.2, 0.25) is 0 Å². The molecule has 0 radical (unpaired) electrons. The van der Waals surface area contributed by atoms with Crippen LogP contribution in [-0.4, -0.2) is 35.3 Å². The highest BCUT2D eigenvalue weighted by Gasteiger charge is 2.77. The largest absolute Gasteiger partial charge is 0.459 e. The van der Waals surface area contributed by atoms with Crippen LogP contribution in [0.5, 0.6) is 0 Å². The minimum absolute atomic E-state index is 0.0705. The maximum Gasteiger partial charge on any atom is 0.334 e. The lowest BCUT2D eigenvalue weighted by atomic mass is 9.68. The molecule has 3 saturated heterocycles. The summed E-state index contributed by atoms with van der Waals surface area (Å²) >= 11 is 0. The molecule has 2 aliphatic carbocycles. The first-order valence-corrected chi connectivity index (χ1v) is 8.05. The van der Waals surface area contributed by atoms with Crippen molar-refractivity contribution in [3.05, 3.63) is 12.2 Å². The summed E-state index contributed by atoms with van der Waals surface area (Å²) < 4.78 is 17.4. The lowest BCUT2D eigenvalue weighted by Gasteiger charge is -2.56. The fourth-order valence-corrected chi connectivity index (χ4v) is 5.46. The molecule has 0 aromatic carbocycles. The van der Waals surface area contributed by atoms with Crippen molar-refractivity contribution in [1.29, 1.82) is 0 Å². The molecule has 5 aliphatic rings. The van der Waals surface area contributed by atoms with E-state index in [1.54, 1.807) is 0 Å². The van der Waals surface area contributed by atoms with Crippen LogP contribution in [0.2, 0.25) is 0 Å². The Bertz CT molecular complexity index is 584. The molecule has 22 heavy (non-hydrogen) atoms. The standard InChI is InChI=1S/C17H22O5/c1-8-5-12-11(9(2)15(19)21-12)6-13-16(4)7-14(20-10(3)18)17(8,13)22-16/h8,11-14H,2,5-7H2,1,3-4H3/t8-,11+,12+,13-,14-,16+,17+/m0/s1. The molecule has 3 aliphatic heterocycles. The third-order valence-corrected chi connectivity index (χ3v) is 6.36. The number of carbonyl (C=O) groups excluding carboxylic acids is 2. The second-order valence-corrected chi connectivity index (χ2v) is 7.57. The van der Waals surface area contributed by atoms with Crippen LogP contribution in [0.3, 0.4) is 0 Å². The lowest BCUT2D eigenvalue weighted by Crippen LogP contribution is -2.65. The third kappa shape index (κ3) is 1.53. The zero-order chi connectivity index (χ0) is 15.9. The van der Waals surface area contributed by atoms with Crippen LogP contribution >= 0.6 is 0 Å². The second kappa shape index (κ2) is 4.13. The quantitative estimate of drug-likeness (QED) is 0.548. The molecule has 2 saturated carbocycles. The van der Waals surface area contributed by atoms with Crippen LogP contribution in [0.1, 0.15) is 40.0 Å². The van der Waals surface area contributed by atoms with Crippen LogP contribution in [0, 0.1) is 17.8 Å². The second-order valence-electron chi connectivity index (χ2n) is 7.57. The van der Waals surface area contributed by atoms with Crippen LogP contribution in [-0.2, 0) is 23.8 Å². The highest BCUT2D eigenvalue weighted by Crippen LogP contribution is 2.68. The Morgan fingerprint density at radius 3 is 2.82 bits per heavy atom. The molecule has 0 aromatic rings. The van der Waals surface area contributed by atoms with Gasteiger partial charge in [0.1, 0.15) is 17.8 Å². The summed E-state index contributed by atoms with van der Waals surface area (Å²) in [5.74, 6) is 0.00522. The predicted molar refractivity (Wildman–Crippen MR) is 76.8 cm³/mol. The number of rotatable bonds is 1. The van der Waals surface area contributed by atoms with Gasteiger partial charge in [-0.05, 0) is 25.7 Å². The molecule has 5 fully saturated rings. The maximum atomic E-state index is 11.8. The van der Waals surface area contributed by atoms with E-state index in [0.717, 1.165) is 19.3 Å². The van der Waals surface area contributed by atoms with E-state index >= 15 is 0 Å². The number of carbonyl (C=O) groups is 2. The fraction of sp³-hybridized carbons (Fsp3) is 0.765. The number of fused-ring (bicyclic) bond motifs is 2. The van der Waals surface area contributed by atoms with Gasteiger partial charge in [-0.15, -0.1) is 0 Å². The number of hydrogen-bond donors (Lipinski definition) is 0. The van der Waals surface area contributed by atoms with Crippen molar-refractivity contribution < 1.29 is 23.8 Å². The van der Waals surface area contributed by atoms with Gasteiger partial charge in [-0.3, -0.25) is 4.79 Å². The Morgan fingerprint density at radius 2 is 2.14 bits per heavy atom. The summed E-state index contributed by atoms with van der Waals surface area (Å²) in [5.41, 5.74) is -0.0970. The van der Waals surface area contributed by atoms with E-state index in [2.05, 4.69) is 20.4 Å². The molecule has 5 heteroatoms. The molecule has 5 nitrogen and oxygen atoms in total. The molecular formula is C17H22O5. The highest BCUT2D eigenvalue weighted by atomic mass is 16.6. The summed E-state index contributed by atoms with van der Waals surface area (Å²) in [6.07, 6.45) is 1.99. The van der Waals surface area contributed by atoms with E-state index < -0.39 is 5.60 Å². The normalized spacial score (nSPS) is 52.2.